The minimum absolute atomic E-state index is 0. The van der Waals surface area contributed by atoms with Gasteiger partial charge in [-0.3, -0.25) is 0 Å². The van der Waals surface area contributed by atoms with Crippen molar-refractivity contribution in [2.24, 2.45) is 15.9 Å². The van der Waals surface area contributed by atoms with Crippen LogP contribution in [-0.2, 0) is 39.2 Å². The molecule has 0 unspecified atom stereocenters. The molecule has 0 spiro atoms. The van der Waals surface area contributed by atoms with Gasteiger partial charge in [0.15, 0.2) is 0 Å². The van der Waals surface area contributed by atoms with Gasteiger partial charge in [0.2, 0.25) is 0 Å². The molecule has 0 aliphatic heterocycles. The van der Waals surface area contributed by atoms with Crippen LogP contribution < -0.4 is 5.73 Å². The monoisotopic (exact) mass is 672 g/mol. The van der Waals surface area contributed by atoms with Crippen molar-refractivity contribution in [3.05, 3.63) is 70.2 Å². The van der Waals surface area contributed by atoms with Crippen molar-refractivity contribution in [3.8, 4) is 0 Å². The Bertz CT molecular complexity index is 680. The summed E-state index contributed by atoms with van der Waals surface area (Å²) in [6, 6.07) is 19.0. The van der Waals surface area contributed by atoms with Crippen molar-refractivity contribution in [3.63, 3.8) is 0 Å². The zero-order valence-electron chi connectivity index (χ0n) is 15.1. The van der Waals surface area contributed by atoms with E-state index in [9.17, 15) is 0 Å². The summed E-state index contributed by atoms with van der Waals surface area (Å²) in [6.45, 7) is 2.83. The second-order valence-corrected chi connectivity index (χ2v) is 6.59. The zero-order valence-corrected chi connectivity index (χ0v) is 21.3. The van der Waals surface area contributed by atoms with Gasteiger partial charge in [0, 0.05) is 11.0 Å². The van der Waals surface area contributed by atoms with Gasteiger partial charge < -0.3 is 23.3 Å². The van der Waals surface area contributed by atoms with E-state index in [-0.39, 0.29) is 17.6 Å². The minimum atomic E-state index is 0. The van der Waals surface area contributed by atoms with Gasteiger partial charge in [-0.1, -0.05) is 28.1 Å². The molecule has 2 aromatic carbocycles. The number of nitrogens with two attached hydrogens (primary N) is 1. The maximum atomic E-state index is 5.19. The molecule has 0 bridgehead atoms. The SMILES string of the molecule is C/C(=N\N=C(\N)[S-])c1ccc(Br)cc1.CN(C)Cc1[c-]cccc1.Cl.[Cl][Au]. The van der Waals surface area contributed by atoms with Gasteiger partial charge in [-0.15, -0.1) is 18.0 Å². The summed E-state index contributed by atoms with van der Waals surface area (Å²) in [5.74, 6) is 0. The summed E-state index contributed by atoms with van der Waals surface area (Å²) in [4.78, 5) is 2.13. The Hall–Kier alpha value is -0.440. The molecule has 9 heteroatoms. The van der Waals surface area contributed by atoms with Crippen LogP contribution in [0.15, 0.2) is 63.2 Å². The molecule has 0 saturated heterocycles. The van der Waals surface area contributed by atoms with Crippen LogP contribution in [0.1, 0.15) is 18.1 Å². The Balaban J connectivity index is 0. The molecule has 2 rings (SSSR count). The Labute approximate surface area is 198 Å². The molecule has 0 radical (unpaired) electrons. The summed E-state index contributed by atoms with van der Waals surface area (Å²) in [5.41, 5.74) is 8.21. The maximum absolute atomic E-state index is 5.19. The Kier molecular flexibility index (Phi) is 18.8. The third-order valence-electron chi connectivity index (χ3n) is 2.82. The molecule has 0 aliphatic carbocycles. The van der Waals surface area contributed by atoms with Crippen molar-refractivity contribution in [2.45, 2.75) is 13.5 Å². The van der Waals surface area contributed by atoms with E-state index in [1.165, 1.54) is 5.56 Å². The van der Waals surface area contributed by atoms with Gasteiger partial charge in [0.1, 0.15) is 0 Å². The van der Waals surface area contributed by atoms with Crippen molar-refractivity contribution in [1.82, 2.24) is 4.90 Å². The van der Waals surface area contributed by atoms with Crippen LogP contribution in [0.4, 0.5) is 0 Å². The first-order valence-corrected chi connectivity index (χ1v) is 11.3. The molecular formula is C18H22AuBrCl2N4S-2. The van der Waals surface area contributed by atoms with E-state index in [1.54, 1.807) is 20.0 Å². The number of hydrogen-bond donors (Lipinski definition) is 1. The van der Waals surface area contributed by atoms with E-state index in [4.69, 9.17) is 5.73 Å². The van der Waals surface area contributed by atoms with E-state index >= 15 is 0 Å². The molecule has 2 aromatic rings. The predicted molar refractivity (Wildman–Crippen MR) is 121 cm³/mol. The van der Waals surface area contributed by atoms with Gasteiger partial charge in [-0.25, -0.2) is 0 Å². The van der Waals surface area contributed by atoms with Crippen LogP contribution >= 0.6 is 37.5 Å². The second kappa shape index (κ2) is 17.6. The first-order valence-electron chi connectivity index (χ1n) is 7.41. The summed E-state index contributed by atoms with van der Waals surface area (Å²) < 4.78 is 1.03. The van der Waals surface area contributed by atoms with E-state index in [0.29, 0.717) is 0 Å². The average Bonchev–Trinajstić information content (AvgIpc) is 2.63. The third kappa shape index (κ3) is 15.2. The van der Waals surface area contributed by atoms with Crippen LogP contribution in [0.3, 0.4) is 0 Å². The van der Waals surface area contributed by atoms with Crippen molar-refractivity contribution in [2.75, 3.05) is 14.1 Å². The number of amidine groups is 1. The summed E-state index contributed by atoms with van der Waals surface area (Å²) in [5, 5.41) is 7.54. The molecule has 0 fully saturated rings. The Morgan fingerprint density at radius 3 is 2.22 bits per heavy atom. The quantitative estimate of drug-likeness (QED) is 0.128. The van der Waals surface area contributed by atoms with Crippen molar-refractivity contribution >= 4 is 61.0 Å². The van der Waals surface area contributed by atoms with Crippen molar-refractivity contribution < 1.29 is 20.0 Å². The average molecular weight is 674 g/mol. The molecule has 0 aromatic heterocycles. The van der Waals surface area contributed by atoms with Gasteiger partial charge in [-0.2, -0.15) is 40.5 Å². The molecule has 27 heavy (non-hydrogen) atoms. The van der Waals surface area contributed by atoms with Gasteiger partial charge in [-0.05, 0) is 43.9 Å². The van der Waals surface area contributed by atoms with E-state index in [2.05, 4.69) is 79.1 Å². The Morgan fingerprint density at radius 1 is 1.19 bits per heavy atom. The first-order chi connectivity index (χ1) is 12.4. The van der Waals surface area contributed by atoms with E-state index in [1.807, 2.05) is 49.4 Å². The first kappa shape index (κ1) is 28.8. The standard InChI is InChI=1S/C9H10BrN3S.C9H12N.Au.2ClH/c1-6(12-13-9(11)14)7-2-4-8(10)5-3-7;1-10(2)8-9-6-4-3-5-7-9;;;/h2-5H,1H3,(H3,11,13,14);3-6H,8H2,1-2H3;;2*1H/q;-1;+1;;/p-2/b12-6+;;;;. The molecule has 0 heterocycles. The molecule has 154 valence electrons. The van der Waals surface area contributed by atoms with Crippen LogP contribution in [0.25, 0.3) is 0 Å². The molecule has 4 nitrogen and oxygen atoms in total. The zero-order chi connectivity index (χ0) is 19.9. The summed E-state index contributed by atoms with van der Waals surface area (Å²) >= 11 is 9.68. The number of hydrogen-bond acceptors (Lipinski definition) is 4. The van der Waals surface area contributed by atoms with E-state index < -0.39 is 0 Å². The van der Waals surface area contributed by atoms with Crippen LogP contribution in [0.2, 0.25) is 0 Å². The number of rotatable bonds is 4. The van der Waals surface area contributed by atoms with Gasteiger partial charge in [0.05, 0.1) is 5.71 Å². The van der Waals surface area contributed by atoms with Crippen LogP contribution in [-0.4, -0.2) is 29.9 Å². The molecule has 0 amide bonds. The number of halogens is 3. The fourth-order valence-corrected chi connectivity index (χ4v) is 2.05. The topological polar surface area (TPSA) is 54.0 Å². The molecule has 0 aliphatic rings. The predicted octanol–water partition coefficient (Wildman–Crippen LogP) is 4.69. The van der Waals surface area contributed by atoms with E-state index in [0.717, 1.165) is 22.3 Å². The molecule has 0 atom stereocenters. The molecule has 2 N–H and O–H groups in total. The van der Waals surface area contributed by atoms with Crippen molar-refractivity contribution in [1.29, 1.82) is 0 Å². The normalized spacial score (nSPS) is 10.8. The second-order valence-electron chi connectivity index (χ2n) is 5.26. The summed E-state index contributed by atoms with van der Waals surface area (Å²) in [6.07, 6.45) is 0. The molecular weight excluding hydrogens is 652 g/mol. The van der Waals surface area contributed by atoms with Gasteiger partial charge >= 0.3 is 29.2 Å². The fraction of sp³-hybridized carbons (Fsp3) is 0.222. The van der Waals surface area contributed by atoms with Crippen LogP contribution in [0.5, 0.6) is 0 Å². The molecule has 0 saturated carbocycles. The van der Waals surface area contributed by atoms with Gasteiger partial charge in [0.25, 0.3) is 0 Å². The summed E-state index contributed by atoms with van der Waals surface area (Å²) in [7, 11) is 8.70. The number of benzene rings is 2. The Morgan fingerprint density at radius 2 is 1.78 bits per heavy atom. The fourth-order valence-electron chi connectivity index (χ4n) is 1.74. The van der Waals surface area contributed by atoms with Crippen LogP contribution in [0, 0.1) is 6.07 Å². The third-order valence-corrected chi connectivity index (χ3v) is 3.43. The number of nitrogens with zero attached hydrogens (tertiary/aromatic N) is 3.